The van der Waals surface area contributed by atoms with Gasteiger partial charge in [-0.1, -0.05) is 0 Å². The highest BCUT2D eigenvalue weighted by Crippen LogP contribution is 1.99. The van der Waals surface area contributed by atoms with Crippen LogP contribution in [0.2, 0.25) is 0 Å². The van der Waals surface area contributed by atoms with Crippen LogP contribution in [-0.2, 0) is 25.5 Å². The van der Waals surface area contributed by atoms with Crippen molar-refractivity contribution in [3.8, 4) is 0 Å². The summed E-state index contributed by atoms with van der Waals surface area (Å²) < 4.78 is 10.3. The molecule has 0 saturated carbocycles. The number of aromatic amines is 1. The van der Waals surface area contributed by atoms with Crippen LogP contribution in [0.5, 0.6) is 0 Å². The maximum absolute atomic E-state index is 11.6. The van der Waals surface area contributed by atoms with E-state index in [0.29, 0.717) is 32.5 Å². The minimum atomic E-state index is -0.724. The van der Waals surface area contributed by atoms with E-state index in [4.69, 9.17) is 15.2 Å². The first kappa shape index (κ1) is 18.1. The number of carbonyl (C=O) groups is 2. The van der Waals surface area contributed by atoms with Crippen molar-refractivity contribution in [3.63, 3.8) is 0 Å². The number of nitrogens with two attached hydrogens (primary N) is 1. The van der Waals surface area contributed by atoms with Crippen molar-refractivity contribution in [2.45, 2.75) is 25.3 Å². The molecule has 0 spiro atoms. The molecule has 8 heteroatoms. The molecule has 22 heavy (non-hydrogen) atoms. The van der Waals surface area contributed by atoms with Gasteiger partial charge in [-0.2, -0.15) is 0 Å². The SMILES string of the molecule is CN(C)C(=O)CCCOCCOC(=O)C(N)Cc1cnc[nH]1. The third-order valence-corrected chi connectivity index (χ3v) is 2.95. The molecule has 1 unspecified atom stereocenters. The largest absolute Gasteiger partial charge is 0.462 e. The van der Waals surface area contributed by atoms with Gasteiger partial charge in [0.2, 0.25) is 5.91 Å². The van der Waals surface area contributed by atoms with Crippen LogP contribution in [0.25, 0.3) is 0 Å². The molecule has 1 heterocycles. The van der Waals surface area contributed by atoms with Crippen LogP contribution in [0.1, 0.15) is 18.5 Å². The van der Waals surface area contributed by atoms with E-state index >= 15 is 0 Å². The zero-order valence-electron chi connectivity index (χ0n) is 13.1. The molecule has 0 aromatic carbocycles. The summed E-state index contributed by atoms with van der Waals surface area (Å²) in [6, 6.07) is -0.724. The van der Waals surface area contributed by atoms with Gasteiger partial charge in [-0.25, -0.2) is 4.98 Å². The molecule has 1 rings (SSSR count). The number of imidazole rings is 1. The lowest BCUT2D eigenvalue weighted by Gasteiger charge is -2.11. The van der Waals surface area contributed by atoms with E-state index in [1.54, 1.807) is 25.2 Å². The first-order chi connectivity index (χ1) is 10.5. The summed E-state index contributed by atoms with van der Waals surface area (Å²) >= 11 is 0. The van der Waals surface area contributed by atoms with Gasteiger partial charge in [-0.15, -0.1) is 0 Å². The number of H-pyrrole nitrogens is 1. The molecule has 1 atom stereocenters. The number of amides is 1. The monoisotopic (exact) mass is 312 g/mol. The minimum absolute atomic E-state index is 0.0693. The van der Waals surface area contributed by atoms with Crippen LogP contribution in [0.3, 0.4) is 0 Å². The van der Waals surface area contributed by atoms with Crippen molar-refractivity contribution in [1.82, 2.24) is 14.9 Å². The molecule has 1 aromatic rings. The van der Waals surface area contributed by atoms with E-state index in [1.165, 1.54) is 6.33 Å². The third kappa shape index (κ3) is 7.19. The van der Waals surface area contributed by atoms with E-state index in [2.05, 4.69) is 9.97 Å². The summed E-state index contributed by atoms with van der Waals surface area (Å²) in [7, 11) is 3.43. The predicted octanol–water partition coefficient (Wildman–Crippen LogP) is -0.292. The minimum Gasteiger partial charge on any atom is -0.462 e. The van der Waals surface area contributed by atoms with Crippen LogP contribution >= 0.6 is 0 Å². The smallest absolute Gasteiger partial charge is 0.323 e. The van der Waals surface area contributed by atoms with Crippen LogP contribution in [0, 0.1) is 0 Å². The maximum atomic E-state index is 11.6. The van der Waals surface area contributed by atoms with Gasteiger partial charge >= 0.3 is 5.97 Å². The molecule has 0 radical (unpaired) electrons. The third-order valence-electron chi connectivity index (χ3n) is 2.95. The van der Waals surface area contributed by atoms with Crippen molar-refractivity contribution >= 4 is 11.9 Å². The standard InChI is InChI=1S/C14H24N4O4/c1-18(2)13(19)4-3-5-21-6-7-22-14(20)12(15)8-11-9-16-10-17-11/h9-10,12H,3-8,15H2,1-2H3,(H,16,17). The lowest BCUT2D eigenvalue weighted by atomic mass is 10.2. The molecule has 0 bridgehead atoms. The molecule has 0 aliphatic heterocycles. The van der Waals surface area contributed by atoms with Gasteiger partial charge in [0, 0.05) is 45.4 Å². The van der Waals surface area contributed by atoms with Crippen molar-refractivity contribution in [2.75, 3.05) is 33.9 Å². The van der Waals surface area contributed by atoms with E-state index in [1.807, 2.05) is 0 Å². The van der Waals surface area contributed by atoms with E-state index in [0.717, 1.165) is 5.69 Å². The Morgan fingerprint density at radius 1 is 1.36 bits per heavy atom. The Balaban J connectivity index is 2.02. The first-order valence-electron chi connectivity index (χ1n) is 7.18. The number of nitrogens with one attached hydrogen (secondary N) is 1. The zero-order chi connectivity index (χ0) is 16.4. The molecular weight excluding hydrogens is 288 g/mol. The quantitative estimate of drug-likeness (QED) is 0.453. The Labute approximate surface area is 130 Å². The van der Waals surface area contributed by atoms with Crippen molar-refractivity contribution in [1.29, 1.82) is 0 Å². The van der Waals surface area contributed by atoms with E-state index in [-0.39, 0.29) is 12.5 Å². The summed E-state index contributed by atoms with van der Waals surface area (Å²) in [6.07, 6.45) is 4.59. The normalized spacial score (nSPS) is 12.0. The molecule has 124 valence electrons. The predicted molar refractivity (Wildman–Crippen MR) is 80.0 cm³/mol. The summed E-state index contributed by atoms with van der Waals surface area (Å²) in [6.45, 7) is 0.896. The fraction of sp³-hybridized carbons (Fsp3) is 0.643. The zero-order valence-corrected chi connectivity index (χ0v) is 13.1. The molecule has 3 N–H and O–H groups in total. The Morgan fingerprint density at radius 2 is 2.14 bits per heavy atom. The maximum Gasteiger partial charge on any atom is 0.323 e. The van der Waals surface area contributed by atoms with Crippen LogP contribution in [0.4, 0.5) is 0 Å². The summed E-state index contributed by atoms with van der Waals surface area (Å²) in [5.41, 5.74) is 6.51. The average Bonchev–Trinajstić information content (AvgIpc) is 2.98. The number of rotatable bonds is 10. The van der Waals surface area contributed by atoms with Gasteiger partial charge in [0.1, 0.15) is 12.6 Å². The second-order valence-electron chi connectivity index (χ2n) is 5.06. The van der Waals surface area contributed by atoms with Crippen molar-refractivity contribution in [2.24, 2.45) is 5.73 Å². The lowest BCUT2D eigenvalue weighted by molar-refractivity contribution is -0.146. The van der Waals surface area contributed by atoms with Gasteiger partial charge in [0.15, 0.2) is 0 Å². The molecule has 1 aromatic heterocycles. The number of hydrogen-bond acceptors (Lipinski definition) is 6. The molecule has 0 saturated heterocycles. The number of aromatic nitrogens is 2. The second-order valence-corrected chi connectivity index (χ2v) is 5.06. The Kier molecular flexibility index (Phi) is 8.16. The topological polar surface area (TPSA) is 111 Å². The number of esters is 1. The highest BCUT2D eigenvalue weighted by Gasteiger charge is 2.16. The van der Waals surface area contributed by atoms with Crippen molar-refractivity contribution in [3.05, 3.63) is 18.2 Å². The summed E-state index contributed by atoms with van der Waals surface area (Å²) in [5.74, 6) is -0.402. The molecule has 0 fully saturated rings. The highest BCUT2D eigenvalue weighted by molar-refractivity contribution is 5.76. The van der Waals surface area contributed by atoms with Gasteiger partial charge in [0.25, 0.3) is 0 Å². The number of hydrogen-bond donors (Lipinski definition) is 2. The van der Waals surface area contributed by atoms with Gasteiger partial charge in [0.05, 0.1) is 12.9 Å². The molecular formula is C14H24N4O4. The summed E-state index contributed by atoms with van der Waals surface area (Å²) in [4.78, 5) is 31.2. The number of nitrogens with zero attached hydrogens (tertiary/aromatic N) is 2. The fourth-order valence-electron chi connectivity index (χ4n) is 1.68. The average molecular weight is 312 g/mol. The number of carbonyl (C=O) groups excluding carboxylic acids is 2. The Bertz CT molecular complexity index is 448. The van der Waals surface area contributed by atoms with E-state index in [9.17, 15) is 9.59 Å². The van der Waals surface area contributed by atoms with Gasteiger partial charge < -0.3 is 25.1 Å². The Hall–Kier alpha value is -1.93. The van der Waals surface area contributed by atoms with E-state index < -0.39 is 12.0 Å². The van der Waals surface area contributed by atoms with Gasteiger partial charge in [-0.3, -0.25) is 9.59 Å². The molecule has 0 aliphatic carbocycles. The second kappa shape index (κ2) is 9.91. The summed E-state index contributed by atoms with van der Waals surface area (Å²) in [5, 5.41) is 0. The molecule has 8 nitrogen and oxygen atoms in total. The van der Waals surface area contributed by atoms with Crippen molar-refractivity contribution < 1.29 is 19.1 Å². The van der Waals surface area contributed by atoms with Crippen LogP contribution in [-0.4, -0.2) is 66.7 Å². The number of ether oxygens (including phenoxy) is 2. The molecule has 0 aliphatic rings. The highest BCUT2D eigenvalue weighted by atomic mass is 16.6. The molecule has 1 amide bonds. The Morgan fingerprint density at radius 3 is 2.77 bits per heavy atom. The first-order valence-corrected chi connectivity index (χ1v) is 7.18. The lowest BCUT2D eigenvalue weighted by Crippen LogP contribution is -2.35. The van der Waals surface area contributed by atoms with Gasteiger partial charge in [-0.05, 0) is 6.42 Å². The van der Waals surface area contributed by atoms with Crippen LogP contribution < -0.4 is 5.73 Å². The van der Waals surface area contributed by atoms with Crippen LogP contribution in [0.15, 0.2) is 12.5 Å². The fourth-order valence-corrected chi connectivity index (χ4v) is 1.68.